The van der Waals surface area contributed by atoms with Crippen molar-refractivity contribution in [3.63, 3.8) is 0 Å². The third-order valence-electron chi connectivity index (χ3n) is 5.64. The van der Waals surface area contributed by atoms with Gasteiger partial charge >= 0.3 is 0 Å². The molecule has 2 aromatic heterocycles. The van der Waals surface area contributed by atoms with Gasteiger partial charge in [0.25, 0.3) is 5.91 Å². The molecule has 1 saturated heterocycles. The van der Waals surface area contributed by atoms with Crippen LogP contribution in [-0.2, 0) is 0 Å². The number of hydrogen-bond acceptors (Lipinski definition) is 6. The Balaban J connectivity index is 1.39. The van der Waals surface area contributed by atoms with Crippen molar-refractivity contribution < 1.29 is 4.79 Å². The van der Waals surface area contributed by atoms with Crippen LogP contribution in [0.5, 0.6) is 0 Å². The van der Waals surface area contributed by atoms with Crippen molar-refractivity contribution in [2.24, 2.45) is 5.92 Å². The maximum Gasteiger partial charge on any atom is 0.254 e. The van der Waals surface area contributed by atoms with Gasteiger partial charge in [-0.2, -0.15) is 0 Å². The molecule has 146 valence electrons. The van der Waals surface area contributed by atoms with E-state index >= 15 is 0 Å². The summed E-state index contributed by atoms with van der Waals surface area (Å²) in [5.74, 6) is 1.60. The normalized spacial score (nSPS) is 22.7. The number of carbonyl (C=O) groups is 1. The van der Waals surface area contributed by atoms with Gasteiger partial charge in [-0.05, 0) is 30.9 Å². The van der Waals surface area contributed by atoms with Crippen LogP contribution in [-0.4, -0.2) is 49.4 Å². The first kappa shape index (κ1) is 18.0. The van der Waals surface area contributed by atoms with Crippen molar-refractivity contribution in [3.05, 3.63) is 65.7 Å². The van der Waals surface area contributed by atoms with Crippen LogP contribution in [0, 0.1) is 5.92 Å². The first-order chi connectivity index (χ1) is 14.2. The third kappa shape index (κ3) is 3.42. The molecule has 3 atom stereocenters. The van der Waals surface area contributed by atoms with E-state index in [0.29, 0.717) is 28.3 Å². The average molecular weight is 407 g/mol. The van der Waals surface area contributed by atoms with Crippen molar-refractivity contribution >= 4 is 23.5 Å². The Morgan fingerprint density at radius 3 is 2.55 bits per heavy atom. The van der Waals surface area contributed by atoms with Gasteiger partial charge in [0.05, 0.1) is 29.0 Å². The Morgan fingerprint density at radius 2 is 1.79 bits per heavy atom. The molecule has 2 fully saturated rings. The third-order valence-corrected chi connectivity index (χ3v) is 5.84. The highest BCUT2D eigenvalue weighted by atomic mass is 35.5. The number of nitrogens with zero attached hydrogens (tertiary/aromatic N) is 5. The van der Waals surface area contributed by atoms with Gasteiger partial charge in [-0.1, -0.05) is 29.8 Å². The number of rotatable bonds is 4. The fourth-order valence-electron chi connectivity index (χ4n) is 4.42. The number of carbonyl (C=O) groups excluding carboxylic acids is 1. The topological polar surface area (TPSA) is 83.9 Å². The van der Waals surface area contributed by atoms with E-state index in [1.807, 2.05) is 29.2 Å². The molecular formula is C21H19ClN6O. The number of piperidine rings is 1. The van der Waals surface area contributed by atoms with Gasteiger partial charge < -0.3 is 10.2 Å². The predicted octanol–water partition coefficient (Wildman–Crippen LogP) is 3.30. The van der Waals surface area contributed by atoms with E-state index in [1.165, 1.54) is 0 Å². The lowest BCUT2D eigenvalue weighted by Crippen LogP contribution is -2.48. The molecular weight excluding hydrogens is 388 g/mol. The molecule has 3 heterocycles. The molecule has 0 unspecified atom stereocenters. The Morgan fingerprint density at radius 1 is 1.03 bits per heavy atom. The number of aromatic nitrogens is 4. The van der Waals surface area contributed by atoms with Crippen molar-refractivity contribution in [3.8, 4) is 11.4 Å². The van der Waals surface area contributed by atoms with Gasteiger partial charge in [0, 0.05) is 30.5 Å². The first-order valence-corrected chi connectivity index (χ1v) is 9.98. The summed E-state index contributed by atoms with van der Waals surface area (Å²) in [5.41, 5.74) is 1.39. The quantitative estimate of drug-likeness (QED) is 0.715. The zero-order chi connectivity index (χ0) is 19.8. The van der Waals surface area contributed by atoms with Gasteiger partial charge in [0.2, 0.25) is 5.95 Å². The Labute approximate surface area is 173 Å². The molecule has 1 N–H and O–H groups in total. The lowest BCUT2D eigenvalue weighted by atomic mass is 10.0. The molecule has 1 saturated carbocycles. The molecule has 2 aliphatic rings. The molecule has 8 heteroatoms. The fourth-order valence-corrected chi connectivity index (χ4v) is 4.52. The van der Waals surface area contributed by atoms with Crippen LogP contribution in [0.4, 0.5) is 5.95 Å². The molecule has 1 aromatic carbocycles. The summed E-state index contributed by atoms with van der Waals surface area (Å²) in [6.45, 7) is 0.771. The summed E-state index contributed by atoms with van der Waals surface area (Å²) in [6, 6.07) is 9.53. The lowest BCUT2D eigenvalue weighted by Gasteiger charge is -2.34. The van der Waals surface area contributed by atoms with E-state index in [-0.39, 0.29) is 18.0 Å². The van der Waals surface area contributed by atoms with Crippen LogP contribution in [0.1, 0.15) is 23.2 Å². The van der Waals surface area contributed by atoms with Gasteiger partial charge in [0.1, 0.15) is 0 Å². The number of amides is 1. The second kappa shape index (κ2) is 7.40. The minimum Gasteiger partial charge on any atom is -0.349 e. The highest BCUT2D eigenvalue weighted by molar-refractivity contribution is 6.30. The largest absolute Gasteiger partial charge is 0.349 e. The number of likely N-dealkylation sites (tertiary alicyclic amines) is 1. The SMILES string of the molecule is O=C(c1ccccc1-c1ncccn1)N1C[C@@H]2C[C@@H](Nc3ncc(Cl)cn3)[C@@H]1C2. The second-order valence-electron chi connectivity index (χ2n) is 7.46. The van der Waals surface area contributed by atoms with Crippen molar-refractivity contribution in [1.82, 2.24) is 24.8 Å². The number of halogens is 1. The molecule has 29 heavy (non-hydrogen) atoms. The Bertz CT molecular complexity index is 1030. The van der Waals surface area contributed by atoms with Crippen molar-refractivity contribution in [1.29, 1.82) is 0 Å². The maximum absolute atomic E-state index is 13.5. The van der Waals surface area contributed by atoms with Crippen molar-refractivity contribution in [2.75, 3.05) is 11.9 Å². The number of benzene rings is 1. The van der Waals surface area contributed by atoms with Gasteiger partial charge in [-0.15, -0.1) is 0 Å². The highest BCUT2D eigenvalue weighted by Gasteiger charge is 2.47. The van der Waals surface area contributed by atoms with E-state index < -0.39 is 0 Å². The minimum absolute atomic E-state index is 0.0177. The predicted molar refractivity (Wildman–Crippen MR) is 109 cm³/mol. The van der Waals surface area contributed by atoms with Crippen LogP contribution in [0.25, 0.3) is 11.4 Å². The van der Waals surface area contributed by atoms with E-state index in [2.05, 4.69) is 25.3 Å². The average Bonchev–Trinajstić information content (AvgIpc) is 3.36. The first-order valence-electron chi connectivity index (χ1n) is 9.60. The minimum atomic E-state index is 0.0177. The van der Waals surface area contributed by atoms with Crippen LogP contribution in [0.3, 0.4) is 0 Å². The van der Waals surface area contributed by atoms with Gasteiger partial charge in [-0.25, -0.2) is 19.9 Å². The Hall–Kier alpha value is -3.06. The van der Waals surface area contributed by atoms with E-state index in [9.17, 15) is 4.79 Å². The second-order valence-corrected chi connectivity index (χ2v) is 7.89. The molecule has 5 rings (SSSR count). The van der Waals surface area contributed by atoms with Crippen molar-refractivity contribution in [2.45, 2.75) is 24.9 Å². The maximum atomic E-state index is 13.5. The highest BCUT2D eigenvalue weighted by Crippen LogP contribution is 2.40. The lowest BCUT2D eigenvalue weighted by molar-refractivity contribution is 0.0692. The number of anilines is 1. The number of nitrogens with one attached hydrogen (secondary N) is 1. The molecule has 0 radical (unpaired) electrons. The summed E-state index contributed by atoms with van der Waals surface area (Å²) in [6.07, 6.45) is 8.51. The molecule has 1 amide bonds. The van der Waals surface area contributed by atoms with Crippen LogP contribution >= 0.6 is 11.6 Å². The monoisotopic (exact) mass is 406 g/mol. The number of hydrogen-bond donors (Lipinski definition) is 1. The standard InChI is InChI=1S/C21H19ClN6O/c22-14-10-25-21(26-11-14)27-17-8-13-9-18(17)28(12-13)20(29)16-5-2-1-4-15(16)19-23-6-3-7-24-19/h1-7,10-11,13,17-18H,8-9,12H2,(H,25,26,27)/t13-,17-,18+/m1/s1. The van der Waals surface area contributed by atoms with Crippen LogP contribution in [0.2, 0.25) is 5.02 Å². The van der Waals surface area contributed by atoms with E-state index in [4.69, 9.17) is 11.6 Å². The smallest absolute Gasteiger partial charge is 0.254 e. The van der Waals surface area contributed by atoms with Gasteiger partial charge in [0.15, 0.2) is 5.82 Å². The summed E-state index contributed by atoms with van der Waals surface area (Å²) < 4.78 is 0. The van der Waals surface area contributed by atoms with Crippen LogP contribution < -0.4 is 5.32 Å². The molecule has 0 spiro atoms. The Kier molecular flexibility index (Phi) is 4.60. The summed E-state index contributed by atoms with van der Waals surface area (Å²) in [5, 5.41) is 3.88. The summed E-state index contributed by atoms with van der Waals surface area (Å²) in [7, 11) is 0. The van der Waals surface area contributed by atoms with E-state index in [1.54, 1.807) is 30.9 Å². The zero-order valence-corrected chi connectivity index (χ0v) is 16.3. The van der Waals surface area contributed by atoms with Gasteiger partial charge in [-0.3, -0.25) is 4.79 Å². The summed E-state index contributed by atoms with van der Waals surface area (Å²) in [4.78, 5) is 32.6. The molecule has 1 aliphatic heterocycles. The molecule has 3 aromatic rings. The molecule has 7 nitrogen and oxygen atoms in total. The number of fused-ring (bicyclic) bond motifs is 2. The molecule has 2 bridgehead atoms. The zero-order valence-electron chi connectivity index (χ0n) is 15.6. The fraction of sp³-hybridized carbons (Fsp3) is 0.286. The molecule has 1 aliphatic carbocycles. The van der Waals surface area contributed by atoms with E-state index in [0.717, 1.165) is 24.9 Å². The van der Waals surface area contributed by atoms with Crippen LogP contribution in [0.15, 0.2) is 55.1 Å². The summed E-state index contributed by atoms with van der Waals surface area (Å²) >= 11 is 5.87.